The monoisotopic (exact) mass is 262 g/mol. The SMILES string of the molecule is CC(NC(=O)c1nn(C)cc1N)C1CC2CCC1C2. The van der Waals surface area contributed by atoms with E-state index in [-0.39, 0.29) is 11.9 Å². The summed E-state index contributed by atoms with van der Waals surface area (Å²) < 4.78 is 1.58. The summed E-state index contributed by atoms with van der Waals surface area (Å²) in [6.45, 7) is 2.11. The van der Waals surface area contributed by atoms with Crippen LogP contribution in [0.4, 0.5) is 5.69 Å². The van der Waals surface area contributed by atoms with Crippen molar-refractivity contribution in [3.8, 4) is 0 Å². The molecule has 1 heterocycles. The summed E-state index contributed by atoms with van der Waals surface area (Å²) in [5.41, 5.74) is 6.58. The average molecular weight is 262 g/mol. The van der Waals surface area contributed by atoms with Gasteiger partial charge in [-0.3, -0.25) is 9.48 Å². The van der Waals surface area contributed by atoms with E-state index in [1.165, 1.54) is 25.7 Å². The Labute approximate surface area is 113 Å². The molecule has 2 aliphatic rings. The third-order valence-electron chi connectivity index (χ3n) is 4.87. The van der Waals surface area contributed by atoms with Crippen molar-refractivity contribution in [2.24, 2.45) is 24.8 Å². The molecule has 0 radical (unpaired) electrons. The molecule has 0 spiro atoms. The van der Waals surface area contributed by atoms with Crippen molar-refractivity contribution >= 4 is 11.6 Å². The van der Waals surface area contributed by atoms with Crippen molar-refractivity contribution < 1.29 is 4.79 Å². The van der Waals surface area contributed by atoms with Gasteiger partial charge in [0.1, 0.15) is 0 Å². The molecular formula is C14H22N4O. The lowest BCUT2D eigenvalue weighted by Gasteiger charge is -2.28. The van der Waals surface area contributed by atoms with Crippen molar-refractivity contribution in [2.75, 3.05) is 5.73 Å². The molecule has 5 heteroatoms. The number of hydrogen-bond donors (Lipinski definition) is 2. The second kappa shape index (κ2) is 4.54. The molecule has 1 amide bonds. The van der Waals surface area contributed by atoms with E-state index in [1.54, 1.807) is 17.9 Å². The van der Waals surface area contributed by atoms with E-state index >= 15 is 0 Å². The van der Waals surface area contributed by atoms with Crippen LogP contribution in [0.25, 0.3) is 0 Å². The van der Waals surface area contributed by atoms with Gasteiger partial charge in [0, 0.05) is 19.3 Å². The number of nitrogen functional groups attached to an aromatic ring is 1. The lowest BCUT2D eigenvalue weighted by Crippen LogP contribution is -2.40. The van der Waals surface area contributed by atoms with Crippen LogP contribution in [0.5, 0.6) is 0 Å². The molecule has 1 aromatic heterocycles. The van der Waals surface area contributed by atoms with Crippen molar-refractivity contribution in [1.29, 1.82) is 0 Å². The molecule has 5 nitrogen and oxygen atoms in total. The average Bonchev–Trinajstić information content (AvgIpc) is 3.03. The second-order valence-electron chi connectivity index (χ2n) is 6.21. The van der Waals surface area contributed by atoms with Crippen molar-refractivity contribution in [2.45, 2.75) is 38.6 Å². The number of nitrogens with two attached hydrogens (primary N) is 1. The fourth-order valence-corrected chi connectivity index (χ4v) is 3.97. The molecule has 2 aliphatic carbocycles. The molecule has 4 atom stereocenters. The highest BCUT2D eigenvalue weighted by Crippen LogP contribution is 2.49. The summed E-state index contributed by atoms with van der Waals surface area (Å²) in [7, 11) is 1.77. The van der Waals surface area contributed by atoms with Crippen LogP contribution in [0, 0.1) is 17.8 Å². The van der Waals surface area contributed by atoms with Crippen LogP contribution in [0.1, 0.15) is 43.1 Å². The quantitative estimate of drug-likeness (QED) is 0.868. The number of carbonyl (C=O) groups is 1. The molecule has 0 aromatic carbocycles. The first-order valence-electron chi connectivity index (χ1n) is 7.14. The molecule has 0 saturated heterocycles. The van der Waals surface area contributed by atoms with Crippen LogP contribution in [0.3, 0.4) is 0 Å². The maximum atomic E-state index is 12.2. The van der Waals surface area contributed by atoms with E-state index in [0.29, 0.717) is 17.3 Å². The van der Waals surface area contributed by atoms with E-state index in [2.05, 4.69) is 17.3 Å². The predicted molar refractivity (Wildman–Crippen MR) is 73.5 cm³/mol. The van der Waals surface area contributed by atoms with Gasteiger partial charge in [-0.2, -0.15) is 5.10 Å². The number of carbonyl (C=O) groups excluding carboxylic acids is 1. The number of anilines is 1. The highest BCUT2D eigenvalue weighted by molar-refractivity contribution is 5.97. The van der Waals surface area contributed by atoms with Crippen LogP contribution >= 0.6 is 0 Å². The summed E-state index contributed by atoms with van der Waals surface area (Å²) in [5, 5.41) is 7.20. The highest BCUT2D eigenvalue weighted by Gasteiger charge is 2.42. The fourth-order valence-electron chi connectivity index (χ4n) is 3.97. The third-order valence-corrected chi connectivity index (χ3v) is 4.87. The van der Waals surface area contributed by atoms with E-state index in [9.17, 15) is 4.79 Å². The standard InChI is InChI=1S/C14H22N4O/c1-8(11-6-9-3-4-10(11)5-9)16-14(19)13-12(15)7-18(2)17-13/h7-11H,3-6,15H2,1-2H3,(H,16,19). The van der Waals surface area contributed by atoms with Crippen molar-refractivity contribution in [1.82, 2.24) is 15.1 Å². The first-order chi connectivity index (χ1) is 9.04. The Kier molecular flexibility index (Phi) is 2.99. The minimum atomic E-state index is -0.145. The van der Waals surface area contributed by atoms with Crippen LogP contribution < -0.4 is 11.1 Å². The molecule has 3 N–H and O–H groups in total. The molecule has 2 fully saturated rings. The van der Waals surface area contributed by atoms with E-state index < -0.39 is 0 Å². The largest absolute Gasteiger partial charge is 0.396 e. The molecule has 0 aliphatic heterocycles. The number of fused-ring (bicyclic) bond motifs is 2. The minimum absolute atomic E-state index is 0.145. The Balaban J connectivity index is 1.65. The summed E-state index contributed by atoms with van der Waals surface area (Å²) in [6.07, 6.45) is 7.01. The molecule has 2 bridgehead atoms. The molecule has 1 aromatic rings. The van der Waals surface area contributed by atoms with Gasteiger partial charge in [-0.1, -0.05) is 6.42 Å². The molecular weight excluding hydrogens is 240 g/mol. The van der Waals surface area contributed by atoms with Gasteiger partial charge in [-0.15, -0.1) is 0 Å². The van der Waals surface area contributed by atoms with E-state index in [0.717, 1.165) is 11.8 Å². The first kappa shape index (κ1) is 12.5. The Morgan fingerprint density at radius 3 is 2.84 bits per heavy atom. The van der Waals surface area contributed by atoms with Gasteiger partial charge in [0.2, 0.25) is 0 Å². The van der Waals surface area contributed by atoms with E-state index in [1.807, 2.05) is 0 Å². The van der Waals surface area contributed by atoms with Gasteiger partial charge in [0.05, 0.1) is 5.69 Å². The number of nitrogens with zero attached hydrogens (tertiary/aromatic N) is 2. The van der Waals surface area contributed by atoms with Gasteiger partial charge in [-0.05, 0) is 43.9 Å². The van der Waals surface area contributed by atoms with Gasteiger partial charge in [0.15, 0.2) is 5.69 Å². The zero-order valence-electron chi connectivity index (χ0n) is 11.6. The predicted octanol–water partition coefficient (Wildman–Crippen LogP) is 1.56. The number of rotatable bonds is 3. The zero-order valence-corrected chi connectivity index (χ0v) is 11.6. The molecule has 2 saturated carbocycles. The van der Waals surface area contributed by atoms with E-state index in [4.69, 9.17) is 5.73 Å². The van der Waals surface area contributed by atoms with Crippen LogP contribution in [-0.2, 0) is 7.05 Å². The maximum absolute atomic E-state index is 12.2. The molecule has 3 rings (SSSR count). The summed E-state index contributed by atoms with van der Waals surface area (Å²) >= 11 is 0. The smallest absolute Gasteiger partial charge is 0.274 e. The second-order valence-corrected chi connectivity index (χ2v) is 6.21. The van der Waals surface area contributed by atoms with Crippen LogP contribution in [0.15, 0.2) is 6.20 Å². The Morgan fingerprint density at radius 2 is 2.32 bits per heavy atom. The maximum Gasteiger partial charge on any atom is 0.274 e. The Morgan fingerprint density at radius 1 is 1.53 bits per heavy atom. The molecule has 104 valence electrons. The van der Waals surface area contributed by atoms with Crippen LogP contribution in [0.2, 0.25) is 0 Å². The third kappa shape index (κ3) is 2.22. The van der Waals surface area contributed by atoms with Crippen LogP contribution in [-0.4, -0.2) is 21.7 Å². The Bertz CT molecular complexity index is 496. The van der Waals surface area contributed by atoms with Gasteiger partial charge >= 0.3 is 0 Å². The number of hydrogen-bond acceptors (Lipinski definition) is 3. The highest BCUT2D eigenvalue weighted by atomic mass is 16.2. The summed E-state index contributed by atoms with van der Waals surface area (Å²) in [4.78, 5) is 12.2. The Hall–Kier alpha value is -1.52. The van der Waals surface area contributed by atoms with Gasteiger partial charge < -0.3 is 11.1 Å². The fraction of sp³-hybridized carbons (Fsp3) is 0.714. The number of aryl methyl sites for hydroxylation is 1. The lowest BCUT2D eigenvalue weighted by atomic mass is 9.84. The molecule has 19 heavy (non-hydrogen) atoms. The normalized spacial score (nSPS) is 30.5. The minimum Gasteiger partial charge on any atom is -0.396 e. The summed E-state index contributed by atoms with van der Waals surface area (Å²) in [5.74, 6) is 2.19. The van der Waals surface area contributed by atoms with Gasteiger partial charge in [0.25, 0.3) is 5.91 Å². The molecule has 4 unspecified atom stereocenters. The zero-order chi connectivity index (χ0) is 13.6. The lowest BCUT2D eigenvalue weighted by molar-refractivity contribution is 0.0910. The van der Waals surface area contributed by atoms with Gasteiger partial charge in [-0.25, -0.2) is 0 Å². The topological polar surface area (TPSA) is 72.9 Å². The summed E-state index contributed by atoms with van der Waals surface area (Å²) in [6, 6.07) is 0.212. The number of nitrogens with one attached hydrogen (secondary N) is 1. The number of amides is 1. The van der Waals surface area contributed by atoms with Crippen molar-refractivity contribution in [3.63, 3.8) is 0 Å². The van der Waals surface area contributed by atoms with Crippen molar-refractivity contribution in [3.05, 3.63) is 11.9 Å². The number of aromatic nitrogens is 2. The first-order valence-corrected chi connectivity index (χ1v) is 7.14.